The summed E-state index contributed by atoms with van der Waals surface area (Å²) in [6, 6.07) is 12.6. The molecule has 0 saturated carbocycles. The number of aliphatic hydroxyl groups excluding tert-OH is 1. The molecular formula is C15H14ClFO. The largest absolute Gasteiger partial charge is 0.396 e. The molecule has 18 heavy (non-hydrogen) atoms. The summed E-state index contributed by atoms with van der Waals surface area (Å²) in [6.07, 6.45) is 1.57. The summed E-state index contributed by atoms with van der Waals surface area (Å²) >= 11 is 5.76. The van der Waals surface area contributed by atoms with Crippen molar-refractivity contribution in [1.29, 1.82) is 0 Å². The van der Waals surface area contributed by atoms with Crippen LogP contribution in [0.2, 0.25) is 5.02 Å². The maximum atomic E-state index is 13.8. The molecule has 0 fully saturated rings. The second kappa shape index (κ2) is 5.98. The van der Waals surface area contributed by atoms with Gasteiger partial charge >= 0.3 is 0 Å². The Morgan fingerprint density at radius 3 is 2.44 bits per heavy atom. The van der Waals surface area contributed by atoms with Gasteiger partial charge in [-0.25, -0.2) is 4.39 Å². The fraction of sp³-hybridized carbons (Fsp3) is 0.200. The topological polar surface area (TPSA) is 20.2 Å². The van der Waals surface area contributed by atoms with Gasteiger partial charge in [-0.15, -0.1) is 0 Å². The van der Waals surface area contributed by atoms with Gasteiger partial charge in [0, 0.05) is 12.2 Å². The quantitative estimate of drug-likeness (QED) is 0.883. The normalized spacial score (nSPS) is 10.6. The lowest BCUT2D eigenvalue weighted by Crippen LogP contribution is -1.90. The summed E-state index contributed by atoms with van der Waals surface area (Å²) in [5.74, 6) is -0.387. The maximum absolute atomic E-state index is 13.8. The highest BCUT2D eigenvalue weighted by molar-refractivity contribution is 6.31. The van der Waals surface area contributed by atoms with Crippen LogP contribution in [0.25, 0.3) is 11.1 Å². The molecule has 3 heteroatoms. The van der Waals surface area contributed by atoms with E-state index in [1.165, 1.54) is 6.07 Å². The zero-order chi connectivity index (χ0) is 13.0. The summed E-state index contributed by atoms with van der Waals surface area (Å²) in [5.41, 5.74) is 2.45. The number of aliphatic hydroxyl groups is 1. The summed E-state index contributed by atoms with van der Waals surface area (Å²) in [6.45, 7) is 0.185. The fourth-order valence-corrected chi connectivity index (χ4v) is 2.04. The second-order valence-electron chi connectivity index (χ2n) is 4.13. The molecule has 0 saturated heterocycles. The lowest BCUT2D eigenvalue weighted by Gasteiger charge is -2.06. The first kappa shape index (κ1) is 13.1. The molecular weight excluding hydrogens is 251 g/mol. The number of benzene rings is 2. The van der Waals surface area contributed by atoms with Gasteiger partial charge in [0.1, 0.15) is 5.82 Å². The lowest BCUT2D eigenvalue weighted by molar-refractivity contribution is 0.288. The van der Waals surface area contributed by atoms with Crippen LogP contribution in [-0.2, 0) is 6.42 Å². The zero-order valence-electron chi connectivity index (χ0n) is 9.87. The van der Waals surface area contributed by atoms with E-state index in [4.69, 9.17) is 16.7 Å². The first-order valence-electron chi connectivity index (χ1n) is 5.86. The van der Waals surface area contributed by atoms with E-state index in [-0.39, 0.29) is 17.4 Å². The van der Waals surface area contributed by atoms with E-state index in [2.05, 4.69) is 0 Å². The standard InChI is InChI=1S/C15H14ClFO/c16-14-5-1-4-13(15(14)17)12-8-6-11(7-9-12)3-2-10-18/h1,4-9,18H,2-3,10H2. The second-order valence-corrected chi connectivity index (χ2v) is 4.53. The van der Waals surface area contributed by atoms with Crippen LogP contribution in [0.15, 0.2) is 42.5 Å². The van der Waals surface area contributed by atoms with E-state index in [0.717, 1.165) is 24.0 Å². The maximum Gasteiger partial charge on any atom is 0.149 e. The lowest BCUT2D eigenvalue weighted by atomic mass is 10.0. The Balaban J connectivity index is 2.26. The van der Waals surface area contributed by atoms with Crippen molar-refractivity contribution in [3.8, 4) is 11.1 Å². The van der Waals surface area contributed by atoms with Crippen molar-refractivity contribution in [3.05, 3.63) is 58.9 Å². The molecule has 0 bridgehead atoms. The average Bonchev–Trinajstić information content (AvgIpc) is 2.40. The van der Waals surface area contributed by atoms with Gasteiger partial charge in [-0.05, 0) is 30.0 Å². The number of hydrogen-bond acceptors (Lipinski definition) is 1. The SMILES string of the molecule is OCCCc1ccc(-c2cccc(Cl)c2F)cc1. The number of hydrogen-bond donors (Lipinski definition) is 1. The molecule has 2 aromatic rings. The highest BCUT2D eigenvalue weighted by atomic mass is 35.5. The highest BCUT2D eigenvalue weighted by Crippen LogP contribution is 2.27. The first-order chi connectivity index (χ1) is 8.72. The molecule has 0 aromatic heterocycles. The molecule has 0 aliphatic heterocycles. The summed E-state index contributed by atoms with van der Waals surface area (Å²) in [7, 11) is 0. The van der Waals surface area contributed by atoms with E-state index >= 15 is 0 Å². The van der Waals surface area contributed by atoms with Crippen LogP contribution in [0, 0.1) is 5.82 Å². The zero-order valence-corrected chi connectivity index (χ0v) is 10.6. The Bertz CT molecular complexity index is 523. The van der Waals surface area contributed by atoms with Gasteiger partial charge < -0.3 is 5.11 Å². The predicted octanol–water partition coefficient (Wildman–Crippen LogP) is 4.07. The molecule has 0 amide bonds. The van der Waals surface area contributed by atoms with E-state index in [9.17, 15) is 4.39 Å². The fourth-order valence-electron chi connectivity index (χ4n) is 1.86. The van der Waals surface area contributed by atoms with Crippen molar-refractivity contribution >= 4 is 11.6 Å². The molecule has 0 heterocycles. The van der Waals surface area contributed by atoms with Crippen LogP contribution in [0.3, 0.4) is 0 Å². The van der Waals surface area contributed by atoms with Gasteiger partial charge in [0.25, 0.3) is 0 Å². The van der Waals surface area contributed by atoms with Crippen LogP contribution in [0.4, 0.5) is 4.39 Å². The summed E-state index contributed by atoms with van der Waals surface area (Å²) < 4.78 is 13.8. The number of aryl methyl sites for hydroxylation is 1. The van der Waals surface area contributed by atoms with Crippen LogP contribution < -0.4 is 0 Å². The van der Waals surface area contributed by atoms with Crippen molar-refractivity contribution in [2.45, 2.75) is 12.8 Å². The van der Waals surface area contributed by atoms with Crippen molar-refractivity contribution in [1.82, 2.24) is 0 Å². The molecule has 0 unspecified atom stereocenters. The van der Waals surface area contributed by atoms with E-state index < -0.39 is 0 Å². The number of halogens is 2. The molecule has 1 N–H and O–H groups in total. The predicted molar refractivity (Wildman–Crippen MR) is 72.3 cm³/mol. The average molecular weight is 265 g/mol. The minimum absolute atomic E-state index is 0.136. The van der Waals surface area contributed by atoms with Gasteiger partial charge in [-0.3, -0.25) is 0 Å². The third-order valence-electron chi connectivity index (χ3n) is 2.84. The summed E-state index contributed by atoms with van der Waals surface area (Å²) in [5, 5.41) is 8.90. The molecule has 0 spiro atoms. The van der Waals surface area contributed by atoms with E-state index in [1.807, 2.05) is 24.3 Å². The minimum Gasteiger partial charge on any atom is -0.396 e. The molecule has 94 valence electrons. The van der Waals surface area contributed by atoms with Crippen LogP contribution in [0.1, 0.15) is 12.0 Å². The summed E-state index contributed by atoms with van der Waals surface area (Å²) in [4.78, 5) is 0. The molecule has 0 aliphatic carbocycles. The Morgan fingerprint density at radius 1 is 1.06 bits per heavy atom. The molecule has 0 radical (unpaired) electrons. The Hall–Kier alpha value is -1.38. The van der Waals surface area contributed by atoms with Gasteiger partial charge in [-0.2, -0.15) is 0 Å². The molecule has 1 nitrogen and oxygen atoms in total. The third kappa shape index (κ3) is 2.89. The van der Waals surface area contributed by atoms with Crippen LogP contribution in [-0.4, -0.2) is 11.7 Å². The molecule has 0 aliphatic rings. The van der Waals surface area contributed by atoms with Crippen molar-refractivity contribution in [3.63, 3.8) is 0 Å². The molecule has 2 rings (SSSR count). The van der Waals surface area contributed by atoms with Gasteiger partial charge in [0.15, 0.2) is 0 Å². The van der Waals surface area contributed by atoms with Crippen LogP contribution >= 0.6 is 11.6 Å². The van der Waals surface area contributed by atoms with Gasteiger partial charge in [0.2, 0.25) is 0 Å². The van der Waals surface area contributed by atoms with Crippen molar-refractivity contribution < 1.29 is 9.50 Å². The van der Waals surface area contributed by atoms with Crippen molar-refractivity contribution in [2.24, 2.45) is 0 Å². The Labute approximate surface area is 111 Å². The van der Waals surface area contributed by atoms with Crippen LogP contribution in [0.5, 0.6) is 0 Å². The minimum atomic E-state index is -0.387. The Morgan fingerprint density at radius 2 is 1.78 bits per heavy atom. The number of rotatable bonds is 4. The van der Waals surface area contributed by atoms with Gasteiger partial charge in [-0.1, -0.05) is 48.0 Å². The van der Waals surface area contributed by atoms with E-state index in [0.29, 0.717) is 5.56 Å². The highest BCUT2D eigenvalue weighted by Gasteiger charge is 2.07. The molecule has 0 atom stereocenters. The smallest absolute Gasteiger partial charge is 0.149 e. The van der Waals surface area contributed by atoms with Crippen molar-refractivity contribution in [2.75, 3.05) is 6.61 Å². The third-order valence-corrected chi connectivity index (χ3v) is 3.13. The monoisotopic (exact) mass is 264 g/mol. The Kier molecular flexibility index (Phi) is 4.34. The first-order valence-corrected chi connectivity index (χ1v) is 6.24. The molecule has 2 aromatic carbocycles. The van der Waals surface area contributed by atoms with Gasteiger partial charge in [0.05, 0.1) is 5.02 Å². The van der Waals surface area contributed by atoms with E-state index in [1.54, 1.807) is 12.1 Å².